The second kappa shape index (κ2) is 7.49. The summed E-state index contributed by atoms with van der Waals surface area (Å²) in [6.07, 6.45) is 5.44. The normalized spacial score (nSPS) is 17.5. The first kappa shape index (κ1) is 14.3. The Kier molecular flexibility index (Phi) is 5.96. The molecule has 2 nitrogen and oxygen atoms in total. The zero-order valence-electron chi connectivity index (χ0n) is 11.1. The first-order chi connectivity index (χ1) is 8.74. The summed E-state index contributed by atoms with van der Waals surface area (Å²) in [5.74, 6) is 0.954. The molecule has 0 bridgehead atoms. The monoisotopic (exact) mass is 286 g/mol. The van der Waals surface area contributed by atoms with E-state index in [2.05, 4.69) is 23.3 Å². The van der Waals surface area contributed by atoms with Crippen molar-refractivity contribution < 1.29 is 0 Å². The summed E-state index contributed by atoms with van der Waals surface area (Å²) in [5, 5.41) is 3.43. The van der Waals surface area contributed by atoms with Crippen molar-refractivity contribution in [3.63, 3.8) is 0 Å². The summed E-state index contributed by atoms with van der Waals surface area (Å²) >= 11 is 7.64. The van der Waals surface area contributed by atoms with Crippen LogP contribution < -0.4 is 5.32 Å². The molecule has 0 radical (unpaired) electrons. The van der Waals surface area contributed by atoms with Crippen LogP contribution in [0.2, 0.25) is 4.34 Å². The Labute approximate surface area is 119 Å². The molecular weight excluding hydrogens is 264 g/mol. The van der Waals surface area contributed by atoms with Gasteiger partial charge in [-0.05, 0) is 70.4 Å². The molecule has 2 rings (SSSR count). The van der Waals surface area contributed by atoms with Gasteiger partial charge in [0.05, 0.1) is 4.34 Å². The van der Waals surface area contributed by atoms with Crippen molar-refractivity contribution in [1.82, 2.24) is 10.2 Å². The van der Waals surface area contributed by atoms with Crippen LogP contribution in [0, 0.1) is 5.92 Å². The number of halogens is 1. The van der Waals surface area contributed by atoms with Crippen LogP contribution in [0.25, 0.3) is 0 Å². The largest absolute Gasteiger partial charge is 0.317 e. The van der Waals surface area contributed by atoms with Crippen LogP contribution in [-0.2, 0) is 6.54 Å². The lowest BCUT2D eigenvalue weighted by molar-refractivity contribution is 0.287. The summed E-state index contributed by atoms with van der Waals surface area (Å²) in [6.45, 7) is 4.66. The first-order valence-electron chi connectivity index (χ1n) is 6.87. The fourth-order valence-corrected chi connectivity index (χ4v) is 3.77. The van der Waals surface area contributed by atoms with Crippen LogP contribution >= 0.6 is 22.9 Å². The molecule has 1 N–H and O–H groups in total. The molecular formula is C14H23ClN2S. The second-order valence-electron chi connectivity index (χ2n) is 5.28. The summed E-state index contributed by atoms with van der Waals surface area (Å²) < 4.78 is 0.896. The van der Waals surface area contributed by atoms with Crippen molar-refractivity contribution in [2.45, 2.75) is 32.2 Å². The van der Waals surface area contributed by atoms with Gasteiger partial charge in [-0.15, -0.1) is 11.3 Å². The molecule has 0 amide bonds. The molecule has 0 saturated carbocycles. The van der Waals surface area contributed by atoms with E-state index in [1.807, 2.05) is 6.07 Å². The zero-order chi connectivity index (χ0) is 12.8. The fourth-order valence-electron chi connectivity index (χ4n) is 2.60. The molecule has 1 aromatic heterocycles. The van der Waals surface area contributed by atoms with E-state index >= 15 is 0 Å². The van der Waals surface area contributed by atoms with Gasteiger partial charge in [0.1, 0.15) is 0 Å². The highest BCUT2D eigenvalue weighted by molar-refractivity contribution is 7.16. The summed E-state index contributed by atoms with van der Waals surface area (Å²) in [4.78, 5) is 3.77. The second-order valence-corrected chi connectivity index (χ2v) is 7.08. The van der Waals surface area contributed by atoms with E-state index in [-0.39, 0.29) is 0 Å². The summed E-state index contributed by atoms with van der Waals surface area (Å²) in [7, 11) is 2.20. The number of rotatable bonds is 6. The zero-order valence-corrected chi connectivity index (χ0v) is 12.7. The van der Waals surface area contributed by atoms with E-state index in [1.54, 1.807) is 11.3 Å². The van der Waals surface area contributed by atoms with E-state index < -0.39 is 0 Å². The van der Waals surface area contributed by atoms with Gasteiger partial charge in [0.2, 0.25) is 0 Å². The Morgan fingerprint density at radius 1 is 1.39 bits per heavy atom. The van der Waals surface area contributed by atoms with E-state index in [0.717, 1.165) is 16.8 Å². The molecule has 2 heterocycles. The Morgan fingerprint density at radius 3 is 2.83 bits per heavy atom. The lowest BCUT2D eigenvalue weighted by Gasteiger charge is -2.23. The van der Waals surface area contributed by atoms with E-state index in [1.165, 1.54) is 50.2 Å². The molecule has 102 valence electrons. The van der Waals surface area contributed by atoms with Crippen LogP contribution in [-0.4, -0.2) is 31.6 Å². The standard InChI is InChI=1S/C14H23ClN2S/c1-17(11-13-4-5-14(15)18-13)10-2-3-12-6-8-16-9-7-12/h4-5,12,16H,2-3,6-11H2,1H3. The van der Waals surface area contributed by atoms with E-state index in [4.69, 9.17) is 11.6 Å². The SMILES string of the molecule is CN(CCCC1CCNCC1)Cc1ccc(Cl)s1. The minimum absolute atomic E-state index is 0.896. The van der Waals surface area contributed by atoms with Crippen molar-refractivity contribution in [1.29, 1.82) is 0 Å². The van der Waals surface area contributed by atoms with Crippen molar-refractivity contribution >= 4 is 22.9 Å². The van der Waals surface area contributed by atoms with Crippen LogP contribution in [0.3, 0.4) is 0 Å². The fraction of sp³-hybridized carbons (Fsp3) is 0.714. The third-order valence-electron chi connectivity index (χ3n) is 3.67. The van der Waals surface area contributed by atoms with Crippen LogP contribution in [0.5, 0.6) is 0 Å². The van der Waals surface area contributed by atoms with Crippen LogP contribution in [0.1, 0.15) is 30.6 Å². The molecule has 0 spiro atoms. The molecule has 1 aromatic rings. The molecule has 0 atom stereocenters. The smallest absolute Gasteiger partial charge is 0.0931 e. The quantitative estimate of drug-likeness (QED) is 0.859. The lowest BCUT2D eigenvalue weighted by Crippen LogP contribution is -2.28. The van der Waals surface area contributed by atoms with E-state index in [0.29, 0.717) is 0 Å². The molecule has 0 aliphatic carbocycles. The molecule has 1 aliphatic heterocycles. The highest BCUT2D eigenvalue weighted by Crippen LogP contribution is 2.23. The average molecular weight is 287 g/mol. The molecule has 0 unspecified atom stereocenters. The van der Waals surface area contributed by atoms with Gasteiger partial charge in [-0.3, -0.25) is 0 Å². The maximum absolute atomic E-state index is 5.94. The summed E-state index contributed by atoms with van der Waals surface area (Å²) in [5.41, 5.74) is 0. The lowest BCUT2D eigenvalue weighted by atomic mass is 9.93. The molecule has 1 saturated heterocycles. The summed E-state index contributed by atoms with van der Waals surface area (Å²) in [6, 6.07) is 4.13. The number of piperidine rings is 1. The highest BCUT2D eigenvalue weighted by Gasteiger charge is 2.12. The van der Waals surface area contributed by atoms with Gasteiger partial charge < -0.3 is 10.2 Å². The van der Waals surface area contributed by atoms with Crippen LogP contribution in [0.15, 0.2) is 12.1 Å². The van der Waals surface area contributed by atoms with Gasteiger partial charge in [0, 0.05) is 11.4 Å². The van der Waals surface area contributed by atoms with Gasteiger partial charge in [-0.1, -0.05) is 11.6 Å². The van der Waals surface area contributed by atoms with Crippen molar-refractivity contribution in [3.8, 4) is 0 Å². The third-order valence-corrected chi connectivity index (χ3v) is 4.88. The topological polar surface area (TPSA) is 15.3 Å². The Morgan fingerprint density at radius 2 is 2.17 bits per heavy atom. The van der Waals surface area contributed by atoms with Gasteiger partial charge >= 0.3 is 0 Å². The number of nitrogens with zero attached hydrogens (tertiary/aromatic N) is 1. The number of thiophene rings is 1. The minimum Gasteiger partial charge on any atom is -0.317 e. The Bertz CT molecular complexity index is 347. The first-order valence-corrected chi connectivity index (χ1v) is 8.07. The maximum atomic E-state index is 5.94. The maximum Gasteiger partial charge on any atom is 0.0931 e. The third kappa shape index (κ3) is 4.88. The minimum atomic E-state index is 0.896. The van der Waals surface area contributed by atoms with Crippen LogP contribution in [0.4, 0.5) is 0 Å². The van der Waals surface area contributed by atoms with Crippen molar-refractivity contribution in [2.24, 2.45) is 5.92 Å². The van der Waals surface area contributed by atoms with Crippen molar-refractivity contribution in [2.75, 3.05) is 26.7 Å². The molecule has 1 fully saturated rings. The highest BCUT2D eigenvalue weighted by atomic mass is 35.5. The van der Waals surface area contributed by atoms with Gasteiger partial charge in [-0.2, -0.15) is 0 Å². The number of nitrogens with one attached hydrogen (secondary N) is 1. The molecule has 0 aromatic carbocycles. The molecule has 18 heavy (non-hydrogen) atoms. The van der Waals surface area contributed by atoms with Gasteiger partial charge in [0.25, 0.3) is 0 Å². The molecule has 1 aliphatic rings. The molecule has 4 heteroatoms. The predicted octanol–water partition coefficient (Wildman–Crippen LogP) is 3.61. The van der Waals surface area contributed by atoms with Gasteiger partial charge in [0.15, 0.2) is 0 Å². The predicted molar refractivity (Wildman–Crippen MR) is 80.5 cm³/mol. The Balaban J connectivity index is 1.60. The average Bonchev–Trinajstić information content (AvgIpc) is 2.76. The Hall–Kier alpha value is -0.0900. The van der Waals surface area contributed by atoms with Gasteiger partial charge in [-0.25, -0.2) is 0 Å². The number of hydrogen-bond donors (Lipinski definition) is 1. The van der Waals surface area contributed by atoms with Crippen molar-refractivity contribution in [3.05, 3.63) is 21.3 Å². The number of hydrogen-bond acceptors (Lipinski definition) is 3. The van der Waals surface area contributed by atoms with E-state index in [9.17, 15) is 0 Å².